The molecule has 0 unspecified atom stereocenters. The fraction of sp³-hybridized carbons (Fsp3) is 0.111. The van der Waals surface area contributed by atoms with Crippen molar-refractivity contribution in [3.05, 3.63) is 81.8 Å². The molecule has 0 amide bonds. The van der Waals surface area contributed by atoms with E-state index in [9.17, 15) is 9.59 Å². The minimum absolute atomic E-state index is 0.0000125. The molecule has 0 saturated carbocycles. The molecule has 2 aromatic carbocycles. The minimum atomic E-state index is -0.281. The van der Waals surface area contributed by atoms with Crippen LogP contribution in [0.4, 0.5) is 11.6 Å². The van der Waals surface area contributed by atoms with Crippen LogP contribution in [-0.4, -0.2) is 21.0 Å². The van der Waals surface area contributed by atoms with Gasteiger partial charge in [-0.15, -0.1) is 10.2 Å². The Morgan fingerprint density at radius 2 is 1.75 bits per heavy atom. The SMILES string of the molecule is CC(=O)c1ccc(Nc2nnc(Cc3ccccc3)c(=O)[nH]2)cc1. The molecule has 6 heteroatoms. The van der Waals surface area contributed by atoms with Gasteiger partial charge in [0.25, 0.3) is 5.56 Å². The number of benzene rings is 2. The second-order valence-electron chi connectivity index (χ2n) is 5.37. The van der Waals surface area contributed by atoms with Gasteiger partial charge in [0, 0.05) is 17.7 Å². The molecule has 0 aliphatic carbocycles. The quantitative estimate of drug-likeness (QED) is 0.706. The van der Waals surface area contributed by atoms with Crippen LogP contribution in [0.2, 0.25) is 0 Å². The van der Waals surface area contributed by atoms with E-state index in [4.69, 9.17) is 0 Å². The molecule has 0 aliphatic heterocycles. The number of carbonyl (C=O) groups excluding carboxylic acids is 1. The average Bonchev–Trinajstić information content (AvgIpc) is 2.59. The molecule has 1 aromatic heterocycles. The van der Waals surface area contributed by atoms with Gasteiger partial charge in [-0.25, -0.2) is 0 Å². The van der Waals surface area contributed by atoms with Crippen LogP contribution in [0.15, 0.2) is 59.4 Å². The first-order valence-corrected chi connectivity index (χ1v) is 7.49. The van der Waals surface area contributed by atoms with E-state index < -0.39 is 0 Å². The molecule has 0 saturated heterocycles. The summed E-state index contributed by atoms with van der Waals surface area (Å²) >= 11 is 0. The van der Waals surface area contributed by atoms with Gasteiger partial charge in [0.2, 0.25) is 5.95 Å². The molecule has 0 radical (unpaired) electrons. The van der Waals surface area contributed by atoms with Crippen molar-refractivity contribution in [2.45, 2.75) is 13.3 Å². The van der Waals surface area contributed by atoms with Gasteiger partial charge in [-0.05, 0) is 36.8 Å². The highest BCUT2D eigenvalue weighted by atomic mass is 16.1. The van der Waals surface area contributed by atoms with Crippen LogP contribution < -0.4 is 10.9 Å². The van der Waals surface area contributed by atoms with Crippen LogP contribution in [-0.2, 0) is 6.42 Å². The molecular formula is C18H16N4O2. The zero-order valence-electron chi connectivity index (χ0n) is 13.1. The Hall–Kier alpha value is -3.28. The van der Waals surface area contributed by atoms with E-state index in [2.05, 4.69) is 20.5 Å². The average molecular weight is 320 g/mol. The van der Waals surface area contributed by atoms with Gasteiger partial charge in [0.1, 0.15) is 5.69 Å². The molecule has 2 N–H and O–H groups in total. The number of nitrogens with zero attached hydrogens (tertiary/aromatic N) is 2. The third kappa shape index (κ3) is 3.73. The smallest absolute Gasteiger partial charge is 0.274 e. The van der Waals surface area contributed by atoms with E-state index in [0.717, 1.165) is 5.56 Å². The highest BCUT2D eigenvalue weighted by Gasteiger charge is 2.06. The summed E-state index contributed by atoms with van der Waals surface area (Å²) < 4.78 is 0. The number of ketones is 1. The monoisotopic (exact) mass is 320 g/mol. The highest BCUT2D eigenvalue weighted by molar-refractivity contribution is 5.94. The second-order valence-corrected chi connectivity index (χ2v) is 5.37. The van der Waals surface area contributed by atoms with Crippen molar-refractivity contribution < 1.29 is 4.79 Å². The summed E-state index contributed by atoms with van der Waals surface area (Å²) in [7, 11) is 0. The summed E-state index contributed by atoms with van der Waals surface area (Å²) in [6.07, 6.45) is 0.427. The molecule has 0 atom stereocenters. The zero-order chi connectivity index (χ0) is 16.9. The lowest BCUT2D eigenvalue weighted by Gasteiger charge is -2.06. The van der Waals surface area contributed by atoms with E-state index in [1.54, 1.807) is 24.3 Å². The number of carbonyl (C=O) groups is 1. The fourth-order valence-electron chi connectivity index (χ4n) is 2.25. The normalized spacial score (nSPS) is 10.4. The van der Waals surface area contributed by atoms with Crippen LogP contribution in [0.3, 0.4) is 0 Å². The number of H-pyrrole nitrogens is 1. The van der Waals surface area contributed by atoms with Crippen LogP contribution in [0.1, 0.15) is 28.5 Å². The molecule has 0 aliphatic rings. The molecule has 0 spiro atoms. The Morgan fingerprint density at radius 1 is 1.04 bits per heavy atom. The Balaban J connectivity index is 1.75. The van der Waals surface area contributed by atoms with E-state index in [-0.39, 0.29) is 17.3 Å². The number of nitrogens with one attached hydrogen (secondary N) is 2. The number of aromatic amines is 1. The van der Waals surface area contributed by atoms with Gasteiger partial charge >= 0.3 is 0 Å². The van der Waals surface area contributed by atoms with Gasteiger partial charge in [-0.3, -0.25) is 14.6 Å². The van der Waals surface area contributed by atoms with Gasteiger partial charge in [0.15, 0.2) is 5.78 Å². The first-order chi connectivity index (χ1) is 11.6. The van der Waals surface area contributed by atoms with Crippen molar-refractivity contribution in [1.82, 2.24) is 15.2 Å². The lowest BCUT2D eigenvalue weighted by atomic mass is 10.1. The predicted molar refractivity (Wildman–Crippen MR) is 91.6 cm³/mol. The maximum atomic E-state index is 12.1. The van der Waals surface area contributed by atoms with Crippen molar-refractivity contribution in [2.24, 2.45) is 0 Å². The Morgan fingerprint density at radius 3 is 2.38 bits per heavy atom. The molecule has 120 valence electrons. The minimum Gasteiger partial charge on any atom is -0.324 e. The van der Waals surface area contributed by atoms with Crippen LogP contribution in [0, 0.1) is 0 Å². The van der Waals surface area contributed by atoms with Crippen LogP contribution >= 0.6 is 0 Å². The highest BCUT2D eigenvalue weighted by Crippen LogP contribution is 2.13. The molecule has 1 heterocycles. The fourth-order valence-corrected chi connectivity index (χ4v) is 2.25. The van der Waals surface area contributed by atoms with Crippen molar-refractivity contribution in [3.63, 3.8) is 0 Å². The summed E-state index contributed by atoms with van der Waals surface area (Å²) in [6.45, 7) is 1.51. The second kappa shape index (κ2) is 6.87. The lowest BCUT2D eigenvalue weighted by molar-refractivity contribution is 0.101. The predicted octanol–water partition coefficient (Wildman–Crippen LogP) is 2.70. The lowest BCUT2D eigenvalue weighted by Crippen LogP contribution is -2.18. The number of rotatable bonds is 5. The Labute approximate surface area is 138 Å². The molecule has 3 aromatic rings. The first kappa shape index (κ1) is 15.6. The topological polar surface area (TPSA) is 87.7 Å². The summed E-state index contributed by atoms with van der Waals surface area (Å²) in [5.41, 5.74) is 2.41. The number of anilines is 2. The largest absolute Gasteiger partial charge is 0.324 e. The number of hydrogen-bond acceptors (Lipinski definition) is 5. The first-order valence-electron chi connectivity index (χ1n) is 7.49. The number of aromatic nitrogens is 3. The maximum absolute atomic E-state index is 12.1. The van der Waals surface area contributed by atoms with Gasteiger partial charge < -0.3 is 5.32 Å². The summed E-state index contributed by atoms with van der Waals surface area (Å²) in [6, 6.07) is 16.5. The molecule has 6 nitrogen and oxygen atoms in total. The molecular weight excluding hydrogens is 304 g/mol. The summed E-state index contributed by atoms with van der Waals surface area (Å²) in [5, 5.41) is 11.0. The molecule has 3 rings (SSSR count). The van der Waals surface area contributed by atoms with Gasteiger partial charge in [-0.1, -0.05) is 30.3 Å². The zero-order valence-corrected chi connectivity index (χ0v) is 13.1. The number of Topliss-reactive ketones (excluding diaryl/α,β-unsaturated/α-hetero) is 1. The van der Waals surface area contributed by atoms with E-state index in [1.807, 2.05) is 30.3 Å². The van der Waals surface area contributed by atoms with E-state index >= 15 is 0 Å². The van der Waals surface area contributed by atoms with Crippen molar-refractivity contribution in [2.75, 3.05) is 5.32 Å². The van der Waals surface area contributed by atoms with Crippen molar-refractivity contribution >= 4 is 17.4 Å². The molecule has 0 fully saturated rings. The third-order valence-corrected chi connectivity index (χ3v) is 3.53. The maximum Gasteiger partial charge on any atom is 0.274 e. The Kier molecular flexibility index (Phi) is 4.47. The van der Waals surface area contributed by atoms with E-state index in [0.29, 0.717) is 23.4 Å². The van der Waals surface area contributed by atoms with Crippen LogP contribution in [0.25, 0.3) is 0 Å². The summed E-state index contributed by atoms with van der Waals surface area (Å²) in [5.74, 6) is 0.257. The van der Waals surface area contributed by atoms with Crippen molar-refractivity contribution in [3.8, 4) is 0 Å². The molecule has 24 heavy (non-hydrogen) atoms. The standard InChI is InChI=1S/C18H16N4O2/c1-12(23)14-7-9-15(10-8-14)19-18-20-17(24)16(21-22-18)11-13-5-3-2-4-6-13/h2-10H,11H2,1H3,(H2,19,20,22,24). The van der Waals surface area contributed by atoms with Gasteiger partial charge in [0.05, 0.1) is 0 Å². The molecule has 0 bridgehead atoms. The van der Waals surface area contributed by atoms with Gasteiger partial charge in [-0.2, -0.15) is 0 Å². The van der Waals surface area contributed by atoms with E-state index in [1.165, 1.54) is 6.92 Å². The number of hydrogen-bond donors (Lipinski definition) is 2. The third-order valence-electron chi connectivity index (χ3n) is 3.53. The van der Waals surface area contributed by atoms with Crippen LogP contribution in [0.5, 0.6) is 0 Å². The van der Waals surface area contributed by atoms with Crippen molar-refractivity contribution in [1.29, 1.82) is 0 Å². The summed E-state index contributed by atoms with van der Waals surface area (Å²) in [4.78, 5) is 26.1. The Bertz CT molecular complexity index is 902.